The van der Waals surface area contributed by atoms with Gasteiger partial charge in [0.15, 0.2) is 11.4 Å². The molecule has 1 fully saturated rings. The first-order valence-corrected chi connectivity index (χ1v) is 10.1. The molecular formula is C19H16N4O2S3. The molecule has 0 bridgehead atoms. The van der Waals surface area contributed by atoms with E-state index in [1.165, 1.54) is 20.9 Å². The maximum atomic E-state index is 12.2. The lowest BCUT2D eigenvalue weighted by Gasteiger charge is -2.08. The van der Waals surface area contributed by atoms with E-state index in [0.717, 1.165) is 20.8 Å². The number of hydrogen-bond donors (Lipinski definition) is 0. The Morgan fingerprint density at radius 1 is 1.14 bits per heavy atom. The van der Waals surface area contributed by atoms with Crippen molar-refractivity contribution < 1.29 is 4.79 Å². The third-order valence-electron chi connectivity index (χ3n) is 4.65. The van der Waals surface area contributed by atoms with Gasteiger partial charge in [0, 0.05) is 20.6 Å². The van der Waals surface area contributed by atoms with Crippen molar-refractivity contribution in [1.29, 1.82) is 0 Å². The zero-order valence-corrected chi connectivity index (χ0v) is 17.7. The summed E-state index contributed by atoms with van der Waals surface area (Å²) in [5, 5.41) is 0. The quantitative estimate of drug-likeness (QED) is 0.472. The van der Waals surface area contributed by atoms with E-state index in [4.69, 9.17) is 24.4 Å². The predicted octanol–water partition coefficient (Wildman–Crippen LogP) is 3.23. The van der Waals surface area contributed by atoms with Crippen molar-refractivity contribution in [2.24, 2.45) is 14.1 Å². The van der Waals surface area contributed by atoms with Crippen LogP contribution in [0.15, 0.2) is 40.3 Å². The zero-order valence-electron chi connectivity index (χ0n) is 15.2. The van der Waals surface area contributed by atoms with E-state index in [0.29, 0.717) is 28.2 Å². The maximum Gasteiger partial charge on any atom is 0.330 e. The van der Waals surface area contributed by atoms with Crippen molar-refractivity contribution in [2.45, 2.75) is 13.0 Å². The van der Waals surface area contributed by atoms with E-state index in [-0.39, 0.29) is 11.5 Å². The number of aryl methyl sites for hydroxylation is 1. The summed E-state index contributed by atoms with van der Waals surface area (Å²) in [5.41, 5.74) is 3.15. The Hall–Kier alpha value is -2.36. The molecule has 4 rings (SSSR count). The van der Waals surface area contributed by atoms with Gasteiger partial charge in [0.2, 0.25) is 0 Å². The van der Waals surface area contributed by atoms with Crippen molar-refractivity contribution in [2.75, 3.05) is 0 Å². The van der Waals surface area contributed by atoms with Gasteiger partial charge in [-0.1, -0.05) is 60.5 Å². The average Bonchev–Trinajstić information content (AvgIpc) is 3.22. The van der Waals surface area contributed by atoms with Crippen molar-refractivity contribution in [3.8, 4) is 0 Å². The third-order valence-corrected chi connectivity index (χ3v) is 6.45. The van der Waals surface area contributed by atoms with E-state index in [2.05, 4.69) is 4.98 Å². The average molecular weight is 429 g/mol. The molecule has 28 heavy (non-hydrogen) atoms. The first-order valence-electron chi connectivity index (χ1n) is 8.50. The highest BCUT2D eigenvalue weighted by Crippen LogP contribution is 2.31. The lowest BCUT2D eigenvalue weighted by molar-refractivity contribution is -0.113. The van der Waals surface area contributed by atoms with Gasteiger partial charge in [-0.05, 0) is 17.2 Å². The Balaban J connectivity index is 1.65. The molecule has 0 spiro atoms. The highest BCUT2D eigenvalue weighted by Gasteiger charge is 2.22. The normalized spacial score (nSPS) is 15.9. The highest BCUT2D eigenvalue weighted by molar-refractivity contribution is 8.27. The lowest BCUT2D eigenvalue weighted by Crippen LogP contribution is -2.28. The highest BCUT2D eigenvalue weighted by atomic mass is 32.2. The molecule has 0 radical (unpaired) electrons. The Morgan fingerprint density at radius 3 is 2.50 bits per heavy atom. The van der Waals surface area contributed by atoms with Crippen LogP contribution in [0.2, 0.25) is 0 Å². The minimum Gasteiger partial charge on any atom is -0.322 e. The van der Waals surface area contributed by atoms with Crippen LogP contribution in [0.4, 0.5) is 0 Å². The lowest BCUT2D eigenvalue weighted by atomic mass is 10.1. The van der Waals surface area contributed by atoms with Gasteiger partial charge < -0.3 is 4.57 Å². The summed E-state index contributed by atoms with van der Waals surface area (Å²) in [6, 6.07) is 7.96. The van der Waals surface area contributed by atoms with Crippen LogP contribution in [0.5, 0.6) is 0 Å². The van der Waals surface area contributed by atoms with Crippen molar-refractivity contribution in [3.05, 3.63) is 61.7 Å². The topological polar surface area (TPSA) is 61.8 Å². The fraction of sp³-hybridized carbons (Fsp3) is 0.211. The molecule has 1 aliphatic rings. The number of aromatic nitrogens is 4. The van der Waals surface area contributed by atoms with E-state index in [1.807, 2.05) is 34.9 Å². The molecule has 9 heteroatoms. The molecule has 1 saturated heterocycles. The van der Waals surface area contributed by atoms with Gasteiger partial charge in [0.25, 0.3) is 0 Å². The molecule has 1 aromatic carbocycles. The van der Waals surface area contributed by atoms with Crippen molar-refractivity contribution in [3.63, 3.8) is 0 Å². The first kappa shape index (κ1) is 19.0. The minimum atomic E-state index is -0.195. The molecule has 1 aliphatic heterocycles. The number of carbonyl (C=O) groups excluding carboxylic acids is 1. The summed E-state index contributed by atoms with van der Waals surface area (Å²) < 4.78 is 6.08. The Bertz CT molecular complexity index is 1280. The number of rotatable bonds is 3. The van der Waals surface area contributed by atoms with Crippen LogP contribution in [0, 0.1) is 4.64 Å². The summed E-state index contributed by atoms with van der Waals surface area (Å²) in [4.78, 5) is 29.1. The van der Waals surface area contributed by atoms with Crippen molar-refractivity contribution >= 4 is 63.4 Å². The number of imidazole rings is 1. The second kappa shape index (κ2) is 7.23. The molecule has 0 N–H and O–H groups in total. The zero-order chi connectivity index (χ0) is 20.0. The van der Waals surface area contributed by atoms with Crippen LogP contribution in [0.1, 0.15) is 17.5 Å². The van der Waals surface area contributed by atoms with Gasteiger partial charge in [0.05, 0.1) is 21.8 Å². The molecule has 142 valence electrons. The number of Topliss-reactive ketones (excluding diaryl/α,β-unsaturated/α-hetero) is 1. The van der Waals surface area contributed by atoms with E-state index in [9.17, 15) is 9.59 Å². The number of hydrogen-bond acceptors (Lipinski definition) is 6. The Kier molecular flexibility index (Phi) is 4.90. The van der Waals surface area contributed by atoms with E-state index in [1.54, 1.807) is 20.4 Å². The number of nitrogens with zero attached hydrogens (tertiary/aromatic N) is 4. The number of thiocarbonyl (C=S) groups is 1. The molecule has 2 aromatic heterocycles. The monoisotopic (exact) mass is 428 g/mol. The second-order valence-corrected chi connectivity index (χ2v) is 8.85. The first-order chi connectivity index (χ1) is 13.3. The summed E-state index contributed by atoms with van der Waals surface area (Å²) in [5.74, 6) is 0.0837. The van der Waals surface area contributed by atoms with Crippen LogP contribution in [0.25, 0.3) is 17.2 Å². The Morgan fingerprint density at radius 2 is 1.86 bits per heavy atom. The van der Waals surface area contributed by atoms with Gasteiger partial charge >= 0.3 is 5.69 Å². The maximum absolute atomic E-state index is 12.2. The van der Waals surface area contributed by atoms with Crippen LogP contribution >= 0.6 is 36.2 Å². The molecule has 3 aromatic rings. The summed E-state index contributed by atoms with van der Waals surface area (Å²) >= 11 is 11.9. The molecular weight excluding hydrogens is 412 g/mol. The third kappa shape index (κ3) is 3.30. The standard InChI is InChI=1S/C19H16N4O2S3/c1-21-17-16(18(27)22(2)19(21)25)23(10-20-17)9-12-5-3-11(4-6-12)7-14-13(24)8-15(26)28-14/h3-7,10H,8-9H2,1-2H3/b14-7-. The van der Waals surface area contributed by atoms with Gasteiger partial charge in [-0.25, -0.2) is 9.78 Å². The van der Waals surface area contributed by atoms with Gasteiger partial charge in [-0.15, -0.1) is 0 Å². The fourth-order valence-corrected chi connectivity index (χ4v) is 4.64. The van der Waals surface area contributed by atoms with Crippen LogP contribution < -0.4 is 5.69 Å². The van der Waals surface area contributed by atoms with Crippen LogP contribution in [-0.2, 0) is 25.4 Å². The van der Waals surface area contributed by atoms with E-state index >= 15 is 0 Å². The largest absolute Gasteiger partial charge is 0.330 e. The fourth-order valence-electron chi connectivity index (χ4n) is 3.13. The predicted molar refractivity (Wildman–Crippen MR) is 118 cm³/mol. The van der Waals surface area contributed by atoms with Gasteiger partial charge in [-0.3, -0.25) is 13.9 Å². The Labute approximate surface area is 175 Å². The number of allylic oxidation sites excluding steroid dienone is 1. The molecule has 3 heterocycles. The van der Waals surface area contributed by atoms with Gasteiger partial charge in [-0.2, -0.15) is 0 Å². The number of ketones is 1. The molecule has 0 atom stereocenters. The summed E-state index contributed by atoms with van der Waals surface area (Å²) in [7, 11) is 3.35. The molecule has 0 saturated carbocycles. The van der Waals surface area contributed by atoms with E-state index < -0.39 is 0 Å². The number of thioether (sulfide) groups is 1. The molecule has 0 aliphatic carbocycles. The SMILES string of the molecule is Cn1c(=S)c2c(ncn2Cc2ccc(/C=C3\SC(=S)CC3=O)cc2)n(C)c1=O. The second-order valence-electron chi connectivity index (χ2n) is 6.57. The smallest absolute Gasteiger partial charge is 0.322 e. The summed E-state index contributed by atoms with van der Waals surface area (Å²) in [6.07, 6.45) is 3.92. The summed E-state index contributed by atoms with van der Waals surface area (Å²) in [6.45, 7) is 0.576. The number of fused-ring (bicyclic) bond motifs is 1. The van der Waals surface area contributed by atoms with Gasteiger partial charge in [0.1, 0.15) is 10.2 Å². The molecule has 6 nitrogen and oxygen atoms in total. The molecule has 0 amide bonds. The molecule has 0 unspecified atom stereocenters. The number of benzene rings is 1. The van der Waals surface area contributed by atoms with Crippen LogP contribution in [0.3, 0.4) is 0 Å². The number of carbonyl (C=O) groups is 1. The van der Waals surface area contributed by atoms with Crippen LogP contribution in [-0.4, -0.2) is 28.7 Å². The van der Waals surface area contributed by atoms with Crippen molar-refractivity contribution in [1.82, 2.24) is 18.7 Å². The minimum absolute atomic E-state index is 0.0837.